The second-order valence-electron chi connectivity index (χ2n) is 8.45. The highest BCUT2D eigenvalue weighted by Gasteiger charge is 2.45. The van der Waals surface area contributed by atoms with Crippen molar-refractivity contribution in [1.29, 1.82) is 0 Å². The summed E-state index contributed by atoms with van der Waals surface area (Å²) in [6, 6.07) is 50.0. The molecule has 0 aromatic heterocycles. The number of rotatable bonds is 7. The van der Waals surface area contributed by atoms with Gasteiger partial charge in [0.2, 0.25) is 0 Å². The molecule has 0 aliphatic carbocycles. The lowest BCUT2D eigenvalue weighted by Gasteiger charge is -2.28. The van der Waals surface area contributed by atoms with Crippen molar-refractivity contribution in [3.05, 3.63) is 157 Å². The molecule has 1 amide bonds. The third kappa shape index (κ3) is 4.80. The summed E-state index contributed by atoms with van der Waals surface area (Å²) < 4.78 is 0. The smallest absolute Gasteiger partial charge is 0.255 e. The van der Waals surface area contributed by atoms with E-state index in [2.05, 4.69) is 108 Å². The van der Waals surface area contributed by atoms with Crippen LogP contribution in [0.2, 0.25) is 0 Å². The van der Waals surface area contributed by atoms with E-state index < -0.39 is 7.26 Å². The maximum atomic E-state index is 13.0. The van der Waals surface area contributed by atoms with E-state index in [-0.39, 0.29) is 5.91 Å². The molecule has 5 aromatic rings. The molecule has 3 heteroatoms. The summed E-state index contributed by atoms with van der Waals surface area (Å²) in [5.41, 5.74) is 2.63. The summed E-state index contributed by atoms with van der Waals surface area (Å²) in [6.07, 6.45) is 0.802. The van der Waals surface area contributed by atoms with Crippen LogP contribution in [0, 0.1) is 0 Å². The van der Waals surface area contributed by atoms with Crippen molar-refractivity contribution in [1.82, 2.24) is 0 Å². The predicted octanol–water partition coefficient (Wildman–Crippen LogP) is 6.43. The van der Waals surface area contributed by atoms with Gasteiger partial charge in [-0.2, -0.15) is 0 Å². The number of anilines is 1. The first kappa shape index (κ1) is 22.8. The first-order chi connectivity index (χ1) is 17.3. The van der Waals surface area contributed by atoms with Gasteiger partial charge in [-0.3, -0.25) is 4.79 Å². The highest BCUT2D eigenvalue weighted by atomic mass is 31.2. The van der Waals surface area contributed by atoms with Crippen LogP contribution in [-0.2, 0) is 6.16 Å². The second kappa shape index (κ2) is 10.5. The van der Waals surface area contributed by atoms with Gasteiger partial charge in [0.1, 0.15) is 29.3 Å². The van der Waals surface area contributed by atoms with Gasteiger partial charge in [-0.25, -0.2) is 0 Å². The Balaban J connectivity index is 1.65. The Morgan fingerprint density at radius 3 is 1.40 bits per heavy atom. The van der Waals surface area contributed by atoms with Crippen LogP contribution in [0.4, 0.5) is 5.69 Å². The monoisotopic (exact) mass is 472 g/mol. The van der Waals surface area contributed by atoms with Crippen molar-refractivity contribution in [2.24, 2.45) is 0 Å². The Morgan fingerprint density at radius 1 is 0.514 bits per heavy atom. The number of amides is 1. The molecule has 0 saturated carbocycles. The molecule has 0 aliphatic heterocycles. The van der Waals surface area contributed by atoms with Crippen LogP contribution in [0.5, 0.6) is 0 Å². The zero-order chi connectivity index (χ0) is 23.9. The highest BCUT2D eigenvalue weighted by Crippen LogP contribution is 2.58. The van der Waals surface area contributed by atoms with Crippen LogP contribution in [0.25, 0.3) is 0 Å². The topological polar surface area (TPSA) is 29.1 Å². The van der Waals surface area contributed by atoms with Gasteiger partial charge in [0, 0.05) is 16.8 Å². The summed E-state index contributed by atoms with van der Waals surface area (Å²) in [5.74, 6) is -0.0962. The first-order valence-corrected chi connectivity index (χ1v) is 13.7. The number of benzene rings is 5. The Morgan fingerprint density at radius 2 is 0.914 bits per heavy atom. The van der Waals surface area contributed by atoms with E-state index in [4.69, 9.17) is 0 Å². The number of carbonyl (C=O) groups excluding carboxylic acids is 1. The Bertz CT molecular complexity index is 1290. The van der Waals surface area contributed by atoms with Crippen molar-refractivity contribution in [3.63, 3.8) is 0 Å². The zero-order valence-electron chi connectivity index (χ0n) is 19.4. The molecule has 5 aromatic carbocycles. The molecule has 0 bridgehead atoms. The van der Waals surface area contributed by atoms with Crippen LogP contribution in [0.1, 0.15) is 15.9 Å². The van der Waals surface area contributed by atoms with Crippen LogP contribution < -0.4 is 21.2 Å². The fourth-order valence-corrected chi connectivity index (χ4v) is 8.86. The Labute approximate surface area is 207 Å². The number of hydrogen-bond acceptors (Lipinski definition) is 1. The van der Waals surface area contributed by atoms with E-state index in [9.17, 15) is 4.79 Å². The summed E-state index contributed by atoms with van der Waals surface area (Å²) in [6.45, 7) is 0. The second-order valence-corrected chi connectivity index (χ2v) is 11.9. The van der Waals surface area contributed by atoms with Gasteiger partial charge < -0.3 is 5.32 Å². The van der Waals surface area contributed by atoms with E-state index in [0.29, 0.717) is 5.56 Å². The maximum absolute atomic E-state index is 13.0. The molecule has 0 saturated heterocycles. The molecule has 0 radical (unpaired) electrons. The van der Waals surface area contributed by atoms with Gasteiger partial charge in [0.25, 0.3) is 5.91 Å². The molecule has 0 heterocycles. The molecule has 0 unspecified atom stereocenters. The van der Waals surface area contributed by atoms with Crippen molar-refractivity contribution in [2.75, 3.05) is 5.32 Å². The minimum absolute atomic E-state index is 0.0962. The van der Waals surface area contributed by atoms with Crippen LogP contribution in [0.15, 0.2) is 146 Å². The summed E-state index contributed by atoms with van der Waals surface area (Å²) in [7, 11) is -2.07. The fourth-order valence-electron chi connectivity index (χ4n) is 4.59. The molecule has 0 aliphatic rings. The van der Waals surface area contributed by atoms with Crippen LogP contribution in [0.3, 0.4) is 0 Å². The molecular weight excluding hydrogens is 445 g/mol. The maximum Gasteiger partial charge on any atom is 0.255 e. The van der Waals surface area contributed by atoms with Gasteiger partial charge in [-0.15, -0.1) is 0 Å². The molecule has 170 valence electrons. The largest absolute Gasteiger partial charge is 0.322 e. The number of carbonyl (C=O) groups is 1. The van der Waals surface area contributed by atoms with Gasteiger partial charge in [0.15, 0.2) is 0 Å². The Kier molecular flexibility index (Phi) is 6.84. The molecule has 2 nitrogen and oxygen atoms in total. The van der Waals surface area contributed by atoms with Crippen molar-refractivity contribution in [3.8, 4) is 0 Å². The van der Waals surface area contributed by atoms with Gasteiger partial charge in [-0.05, 0) is 54.6 Å². The van der Waals surface area contributed by atoms with Crippen LogP contribution in [-0.4, -0.2) is 5.91 Å². The van der Waals surface area contributed by atoms with E-state index in [0.717, 1.165) is 17.4 Å². The summed E-state index contributed by atoms with van der Waals surface area (Å²) in [4.78, 5) is 13.0. The summed E-state index contributed by atoms with van der Waals surface area (Å²) in [5, 5.41) is 7.15. The quantitative estimate of drug-likeness (QED) is 0.272. The normalized spacial score (nSPS) is 11.1. The number of para-hydroxylation sites is 1. The van der Waals surface area contributed by atoms with Crippen LogP contribution >= 0.6 is 7.26 Å². The lowest BCUT2D eigenvalue weighted by atomic mass is 10.1. The van der Waals surface area contributed by atoms with E-state index in [1.54, 1.807) is 0 Å². The van der Waals surface area contributed by atoms with Gasteiger partial charge in [0.05, 0.1) is 0 Å². The molecule has 1 N–H and O–H groups in total. The zero-order valence-corrected chi connectivity index (χ0v) is 20.3. The van der Waals surface area contributed by atoms with E-state index >= 15 is 0 Å². The molecule has 5 rings (SSSR count). The SMILES string of the molecule is O=C(Nc1ccccc1C[P+](c1ccccc1)(c1ccccc1)c1ccccc1)c1ccccc1. The third-order valence-electron chi connectivity index (χ3n) is 6.30. The average molecular weight is 473 g/mol. The lowest BCUT2D eigenvalue weighted by Crippen LogP contribution is -2.32. The first-order valence-electron chi connectivity index (χ1n) is 11.8. The Hall–Kier alpha value is -4.00. The number of hydrogen-bond donors (Lipinski definition) is 1. The summed E-state index contributed by atoms with van der Waals surface area (Å²) >= 11 is 0. The molecule has 35 heavy (non-hydrogen) atoms. The van der Waals surface area contributed by atoms with E-state index in [1.807, 2.05) is 42.5 Å². The molecule has 0 spiro atoms. The van der Waals surface area contributed by atoms with Gasteiger partial charge in [-0.1, -0.05) is 91.0 Å². The fraction of sp³-hybridized carbons (Fsp3) is 0.0312. The third-order valence-corrected chi connectivity index (χ3v) is 10.7. The number of nitrogens with one attached hydrogen (secondary N) is 1. The minimum atomic E-state index is -2.07. The minimum Gasteiger partial charge on any atom is -0.322 e. The van der Waals surface area contributed by atoms with E-state index in [1.165, 1.54) is 15.9 Å². The molecular formula is C32H27NOP+. The standard InChI is InChI=1S/C32H26NOP/c34-32(26-15-5-1-6-16-26)33-31-24-14-13-17-27(31)25-35(28-18-7-2-8-19-28,29-20-9-3-10-21-29)30-22-11-4-12-23-30/h1-24H,25H2/p+1. The average Bonchev–Trinajstić information content (AvgIpc) is 2.94. The van der Waals surface area contributed by atoms with Crippen molar-refractivity contribution < 1.29 is 4.79 Å². The lowest BCUT2D eigenvalue weighted by molar-refractivity contribution is 0.102. The highest BCUT2D eigenvalue weighted by molar-refractivity contribution is 7.95. The van der Waals surface area contributed by atoms with Gasteiger partial charge >= 0.3 is 0 Å². The predicted molar refractivity (Wildman–Crippen MR) is 150 cm³/mol. The molecule has 0 fully saturated rings. The molecule has 0 atom stereocenters. The van der Waals surface area contributed by atoms with Crippen molar-refractivity contribution in [2.45, 2.75) is 6.16 Å². The van der Waals surface area contributed by atoms with Crippen molar-refractivity contribution >= 4 is 34.8 Å².